The lowest BCUT2D eigenvalue weighted by Gasteiger charge is -1.95. The van der Waals surface area contributed by atoms with Crippen molar-refractivity contribution in [3.05, 3.63) is 0 Å². The Morgan fingerprint density at radius 3 is 2.91 bits per heavy atom. The van der Waals surface area contributed by atoms with Crippen LogP contribution in [0.15, 0.2) is 5.10 Å². The molecule has 0 atom stereocenters. The SMILES string of the molecule is CCCC(=O)NN=COCC. The summed E-state index contributed by atoms with van der Waals surface area (Å²) in [5.74, 6) is -0.0801. The van der Waals surface area contributed by atoms with Gasteiger partial charge >= 0.3 is 0 Å². The minimum Gasteiger partial charge on any atom is -0.482 e. The minimum atomic E-state index is -0.0801. The van der Waals surface area contributed by atoms with Gasteiger partial charge in [0.25, 0.3) is 0 Å². The van der Waals surface area contributed by atoms with Gasteiger partial charge in [-0.15, -0.1) is 5.10 Å². The first kappa shape index (κ1) is 9.94. The Balaban J connectivity index is 3.29. The Morgan fingerprint density at radius 1 is 1.64 bits per heavy atom. The molecule has 0 aromatic heterocycles. The first-order valence-corrected chi connectivity index (χ1v) is 3.73. The molecule has 0 aliphatic rings. The highest BCUT2D eigenvalue weighted by Gasteiger charge is 1.93. The number of ether oxygens (including phenoxy) is 1. The van der Waals surface area contributed by atoms with E-state index in [4.69, 9.17) is 4.74 Å². The molecule has 1 N–H and O–H groups in total. The summed E-state index contributed by atoms with van der Waals surface area (Å²) in [5.41, 5.74) is 2.32. The van der Waals surface area contributed by atoms with Gasteiger partial charge in [0.05, 0.1) is 6.61 Å². The summed E-state index contributed by atoms with van der Waals surface area (Å²) in [5, 5.41) is 3.53. The maximum atomic E-state index is 10.7. The van der Waals surface area contributed by atoms with E-state index < -0.39 is 0 Å². The zero-order chi connectivity index (χ0) is 8.53. The Bertz CT molecular complexity index is 134. The van der Waals surface area contributed by atoms with Crippen molar-refractivity contribution in [3.8, 4) is 0 Å². The van der Waals surface area contributed by atoms with Gasteiger partial charge in [0.2, 0.25) is 5.91 Å². The van der Waals surface area contributed by atoms with Crippen molar-refractivity contribution < 1.29 is 9.53 Å². The number of nitrogens with zero attached hydrogens (tertiary/aromatic N) is 1. The third-order valence-corrected chi connectivity index (χ3v) is 0.960. The summed E-state index contributed by atoms with van der Waals surface area (Å²) in [6.07, 6.45) is 2.56. The van der Waals surface area contributed by atoms with E-state index in [1.165, 1.54) is 6.40 Å². The van der Waals surface area contributed by atoms with Crippen LogP contribution < -0.4 is 5.43 Å². The van der Waals surface area contributed by atoms with E-state index >= 15 is 0 Å². The van der Waals surface area contributed by atoms with E-state index in [1.54, 1.807) is 0 Å². The van der Waals surface area contributed by atoms with Crippen molar-refractivity contribution in [2.24, 2.45) is 5.10 Å². The Kier molecular flexibility index (Phi) is 6.37. The van der Waals surface area contributed by atoms with Crippen molar-refractivity contribution in [1.29, 1.82) is 0 Å². The van der Waals surface area contributed by atoms with Crippen LogP contribution in [0.5, 0.6) is 0 Å². The number of hydrazone groups is 1. The molecule has 0 fully saturated rings. The summed E-state index contributed by atoms with van der Waals surface area (Å²) in [4.78, 5) is 10.7. The van der Waals surface area contributed by atoms with Crippen LogP contribution in [0.2, 0.25) is 0 Å². The summed E-state index contributed by atoms with van der Waals surface area (Å²) in [7, 11) is 0. The van der Waals surface area contributed by atoms with Crippen LogP contribution in [0.4, 0.5) is 0 Å². The van der Waals surface area contributed by atoms with E-state index in [0.717, 1.165) is 6.42 Å². The third-order valence-electron chi connectivity index (χ3n) is 0.960. The van der Waals surface area contributed by atoms with Crippen molar-refractivity contribution >= 4 is 12.3 Å². The molecule has 0 bridgehead atoms. The van der Waals surface area contributed by atoms with Gasteiger partial charge in [-0.2, -0.15) is 0 Å². The topological polar surface area (TPSA) is 50.7 Å². The predicted molar refractivity (Wildman–Crippen MR) is 43.2 cm³/mol. The molecular weight excluding hydrogens is 144 g/mol. The van der Waals surface area contributed by atoms with Gasteiger partial charge in [0.15, 0.2) is 6.40 Å². The molecule has 0 unspecified atom stereocenters. The maximum Gasteiger partial charge on any atom is 0.240 e. The van der Waals surface area contributed by atoms with Gasteiger partial charge in [0, 0.05) is 6.42 Å². The number of amides is 1. The summed E-state index contributed by atoms with van der Waals surface area (Å²) < 4.78 is 4.76. The Labute approximate surface area is 66.6 Å². The second-order valence-corrected chi connectivity index (χ2v) is 1.97. The lowest BCUT2D eigenvalue weighted by molar-refractivity contribution is -0.121. The molecule has 0 saturated heterocycles. The Hall–Kier alpha value is -1.06. The molecule has 0 aromatic rings. The zero-order valence-electron chi connectivity index (χ0n) is 6.96. The molecule has 4 nitrogen and oxygen atoms in total. The van der Waals surface area contributed by atoms with E-state index in [2.05, 4.69) is 10.5 Å². The molecule has 0 heterocycles. The quantitative estimate of drug-likeness (QED) is 0.367. The van der Waals surface area contributed by atoms with Crippen LogP contribution in [-0.2, 0) is 9.53 Å². The summed E-state index contributed by atoms with van der Waals surface area (Å²) >= 11 is 0. The van der Waals surface area contributed by atoms with Gasteiger partial charge in [0.1, 0.15) is 0 Å². The average Bonchev–Trinajstić information content (AvgIpc) is 1.99. The second-order valence-electron chi connectivity index (χ2n) is 1.97. The molecule has 1 amide bonds. The number of carbonyl (C=O) groups is 1. The number of hydrogen-bond donors (Lipinski definition) is 1. The molecule has 0 aliphatic carbocycles. The van der Waals surface area contributed by atoms with Crippen molar-refractivity contribution in [2.75, 3.05) is 6.61 Å². The number of nitrogens with one attached hydrogen (secondary N) is 1. The molecule has 64 valence electrons. The lowest BCUT2D eigenvalue weighted by atomic mass is 10.3. The molecule has 0 saturated carbocycles. The Morgan fingerprint density at radius 2 is 2.36 bits per heavy atom. The first-order chi connectivity index (χ1) is 5.31. The first-order valence-electron chi connectivity index (χ1n) is 3.73. The van der Waals surface area contributed by atoms with E-state index in [-0.39, 0.29) is 5.91 Å². The van der Waals surface area contributed by atoms with E-state index in [0.29, 0.717) is 13.0 Å². The van der Waals surface area contributed by atoms with Crippen LogP contribution in [0.1, 0.15) is 26.7 Å². The molecule has 11 heavy (non-hydrogen) atoms. The highest BCUT2D eigenvalue weighted by molar-refractivity contribution is 5.76. The smallest absolute Gasteiger partial charge is 0.240 e. The highest BCUT2D eigenvalue weighted by Crippen LogP contribution is 1.84. The number of rotatable bonds is 5. The molecule has 4 heteroatoms. The van der Waals surface area contributed by atoms with Gasteiger partial charge in [-0.05, 0) is 13.3 Å². The number of hydrogen-bond acceptors (Lipinski definition) is 3. The molecule has 0 spiro atoms. The van der Waals surface area contributed by atoms with Crippen molar-refractivity contribution in [2.45, 2.75) is 26.7 Å². The molecule has 0 aliphatic heterocycles. The van der Waals surface area contributed by atoms with Crippen molar-refractivity contribution in [3.63, 3.8) is 0 Å². The standard InChI is InChI=1S/C7H14N2O2/c1-3-5-7(10)9-8-6-11-4-2/h6H,3-5H2,1-2H3,(H,9,10). The number of carbonyl (C=O) groups excluding carboxylic acids is 1. The van der Waals surface area contributed by atoms with Gasteiger partial charge in [-0.1, -0.05) is 6.92 Å². The zero-order valence-corrected chi connectivity index (χ0v) is 6.96. The van der Waals surface area contributed by atoms with Crippen LogP contribution in [0.3, 0.4) is 0 Å². The molecule has 0 radical (unpaired) electrons. The molecule has 0 aromatic carbocycles. The third kappa shape index (κ3) is 6.83. The molecule has 0 rings (SSSR count). The lowest BCUT2D eigenvalue weighted by Crippen LogP contribution is -2.16. The largest absolute Gasteiger partial charge is 0.482 e. The fourth-order valence-corrected chi connectivity index (χ4v) is 0.493. The normalized spacial score (nSPS) is 10.0. The van der Waals surface area contributed by atoms with Gasteiger partial charge in [-0.25, -0.2) is 5.43 Å². The predicted octanol–water partition coefficient (Wildman–Crippen LogP) is 0.883. The average molecular weight is 158 g/mol. The molecular formula is C7H14N2O2. The fourth-order valence-electron chi connectivity index (χ4n) is 0.493. The second kappa shape index (κ2) is 7.05. The van der Waals surface area contributed by atoms with Crippen LogP contribution >= 0.6 is 0 Å². The maximum absolute atomic E-state index is 10.7. The van der Waals surface area contributed by atoms with Gasteiger partial charge < -0.3 is 4.74 Å². The highest BCUT2D eigenvalue weighted by atomic mass is 16.5. The van der Waals surface area contributed by atoms with Crippen LogP contribution in [0, 0.1) is 0 Å². The van der Waals surface area contributed by atoms with E-state index in [1.807, 2.05) is 13.8 Å². The summed E-state index contributed by atoms with van der Waals surface area (Å²) in [6, 6.07) is 0. The van der Waals surface area contributed by atoms with Crippen LogP contribution in [-0.4, -0.2) is 18.9 Å². The van der Waals surface area contributed by atoms with Crippen LogP contribution in [0.25, 0.3) is 0 Å². The monoisotopic (exact) mass is 158 g/mol. The fraction of sp³-hybridized carbons (Fsp3) is 0.714. The van der Waals surface area contributed by atoms with E-state index in [9.17, 15) is 4.79 Å². The minimum absolute atomic E-state index is 0.0801. The van der Waals surface area contributed by atoms with Crippen molar-refractivity contribution in [1.82, 2.24) is 5.43 Å². The summed E-state index contributed by atoms with van der Waals surface area (Å²) in [6.45, 7) is 4.35. The van der Waals surface area contributed by atoms with Gasteiger partial charge in [-0.3, -0.25) is 4.79 Å².